The number of amides is 2. The lowest BCUT2D eigenvalue weighted by molar-refractivity contribution is -0.143. The Bertz CT molecular complexity index is 1210. The second-order valence-electron chi connectivity index (χ2n) is 9.97. The minimum absolute atomic E-state index is 0.00959. The van der Waals surface area contributed by atoms with Gasteiger partial charge in [-0.2, -0.15) is 0 Å². The molecule has 1 N–H and O–H groups in total. The quantitative estimate of drug-likeness (QED) is 0.359. The number of hydrogen-bond acceptors (Lipinski definition) is 3. The largest absolute Gasteiger partial charge is 0.483 e. The van der Waals surface area contributed by atoms with E-state index in [2.05, 4.69) is 11.4 Å². The Kier molecular flexibility index (Phi) is 9.90. The fourth-order valence-corrected chi connectivity index (χ4v) is 4.34. The fraction of sp³-hybridized carbons (Fsp3) is 0.375. The van der Waals surface area contributed by atoms with Crippen molar-refractivity contribution in [1.29, 1.82) is 0 Å². The number of benzene rings is 3. The van der Waals surface area contributed by atoms with Crippen molar-refractivity contribution in [2.75, 3.05) is 6.61 Å². The number of carbonyl (C=O) groups excluding carboxylic acids is 2. The summed E-state index contributed by atoms with van der Waals surface area (Å²) in [6, 6.07) is 21.2. The maximum atomic E-state index is 13.8. The molecule has 0 heterocycles. The topological polar surface area (TPSA) is 58.6 Å². The normalized spacial score (nSPS) is 12.5. The molecule has 37 heavy (non-hydrogen) atoms. The molecule has 5 heteroatoms. The van der Waals surface area contributed by atoms with Crippen molar-refractivity contribution in [1.82, 2.24) is 10.2 Å². The minimum atomic E-state index is -0.674. The number of aryl methyl sites for hydroxylation is 3. The van der Waals surface area contributed by atoms with E-state index in [0.29, 0.717) is 18.7 Å². The van der Waals surface area contributed by atoms with Crippen molar-refractivity contribution in [2.45, 2.75) is 73.0 Å². The molecule has 0 aliphatic rings. The average molecular weight is 501 g/mol. The predicted octanol–water partition coefficient (Wildman–Crippen LogP) is 5.85. The molecule has 0 saturated carbocycles. The summed E-state index contributed by atoms with van der Waals surface area (Å²) in [4.78, 5) is 29.1. The summed E-state index contributed by atoms with van der Waals surface area (Å²) in [7, 11) is 0. The highest BCUT2D eigenvalue weighted by Crippen LogP contribution is 2.24. The van der Waals surface area contributed by atoms with E-state index in [0.717, 1.165) is 39.8 Å². The number of hydrogen-bond donors (Lipinski definition) is 1. The molecule has 5 nitrogen and oxygen atoms in total. The summed E-state index contributed by atoms with van der Waals surface area (Å²) in [6.07, 6.45) is 1.23. The van der Waals surface area contributed by atoms with Crippen molar-refractivity contribution < 1.29 is 14.3 Å². The van der Waals surface area contributed by atoms with Crippen LogP contribution in [-0.4, -0.2) is 35.4 Å². The first-order valence-corrected chi connectivity index (χ1v) is 13.1. The van der Waals surface area contributed by atoms with Crippen LogP contribution in [0.5, 0.6) is 5.75 Å². The Balaban J connectivity index is 1.96. The molecule has 2 atom stereocenters. The molecular formula is C32H40N2O3. The van der Waals surface area contributed by atoms with Gasteiger partial charge in [0.1, 0.15) is 11.8 Å². The molecule has 3 aromatic carbocycles. The molecule has 0 saturated heterocycles. The van der Waals surface area contributed by atoms with E-state index in [-0.39, 0.29) is 24.5 Å². The number of nitrogens with one attached hydrogen (secondary N) is 1. The van der Waals surface area contributed by atoms with Gasteiger partial charge in [-0.1, -0.05) is 67.6 Å². The summed E-state index contributed by atoms with van der Waals surface area (Å²) < 4.78 is 6.07. The van der Waals surface area contributed by atoms with Crippen molar-refractivity contribution >= 4 is 11.8 Å². The minimum Gasteiger partial charge on any atom is -0.483 e. The van der Waals surface area contributed by atoms with Gasteiger partial charge in [-0.05, 0) is 80.5 Å². The first kappa shape index (κ1) is 28.0. The van der Waals surface area contributed by atoms with E-state index < -0.39 is 6.04 Å². The zero-order valence-corrected chi connectivity index (χ0v) is 23.0. The van der Waals surface area contributed by atoms with Gasteiger partial charge in [0, 0.05) is 19.0 Å². The molecule has 2 amide bonds. The van der Waals surface area contributed by atoms with E-state index in [9.17, 15) is 9.59 Å². The van der Waals surface area contributed by atoms with Crippen LogP contribution in [0, 0.1) is 27.7 Å². The number of ether oxygens (including phenoxy) is 1. The van der Waals surface area contributed by atoms with Crippen LogP contribution in [0.2, 0.25) is 0 Å². The monoisotopic (exact) mass is 500 g/mol. The van der Waals surface area contributed by atoms with Gasteiger partial charge >= 0.3 is 0 Å². The molecule has 3 rings (SSSR count). The maximum Gasteiger partial charge on any atom is 0.261 e. The lowest BCUT2D eigenvalue weighted by Crippen LogP contribution is -2.53. The Morgan fingerprint density at radius 2 is 1.59 bits per heavy atom. The maximum absolute atomic E-state index is 13.8. The van der Waals surface area contributed by atoms with E-state index in [4.69, 9.17) is 4.74 Å². The summed E-state index contributed by atoms with van der Waals surface area (Å²) in [6.45, 7) is 12.3. The summed E-state index contributed by atoms with van der Waals surface area (Å²) >= 11 is 0. The van der Waals surface area contributed by atoms with Crippen LogP contribution in [0.4, 0.5) is 0 Å². The van der Waals surface area contributed by atoms with Gasteiger partial charge < -0.3 is 15.0 Å². The highest BCUT2D eigenvalue weighted by molar-refractivity contribution is 5.88. The van der Waals surface area contributed by atoms with Gasteiger partial charge in [-0.15, -0.1) is 0 Å². The second kappa shape index (κ2) is 13.1. The zero-order chi connectivity index (χ0) is 26.9. The third-order valence-corrected chi connectivity index (χ3v) is 6.99. The molecule has 3 aromatic rings. The van der Waals surface area contributed by atoms with E-state index >= 15 is 0 Å². The molecule has 0 radical (unpaired) electrons. The molecule has 0 spiro atoms. The molecule has 0 aliphatic carbocycles. The third kappa shape index (κ3) is 7.69. The molecule has 196 valence electrons. The number of nitrogens with zero attached hydrogens (tertiary/aromatic N) is 1. The van der Waals surface area contributed by atoms with Crippen molar-refractivity contribution in [3.05, 3.63) is 100 Å². The van der Waals surface area contributed by atoms with Crippen LogP contribution in [0.3, 0.4) is 0 Å². The van der Waals surface area contributed by atoms with Crippen molar-refractivity contribution in [2.24, 2.45) is 0 Å². The second-order valence-corrected chi connectivity index (χ2v) is 9.97. The molecule has 0 unspecified atom stereocenters. The number of carbonyl (C=O) groups is 2. The summed E-state index contributed by atoms with van der Waals surface area (Å²) in [5.74, 6) is 0.329. The Morgan fingerprint density at radius 1 is 0.919 bits per heavy atom. The highest BCUT2D eigenvalue weighted by Gasteiger charge is 2.31. The highest BCUT2D eigenvalue weighted by atomic mass is 16.5. The average Bonchev–Trinajstić information content (AvgIpc) is 2.88. The first-order chi connectivity index (χ1) is 17.7. The fourth-order valence-electron chi connectivity index (χ4n) is 4.34. The molecule has 0 aliphatic heterocycles. The Morgan fingerprint density at radius 3 is 2.27 bits per heavy atom. The van der Waals surface area contributed by atoms with Gasteiger partial charge in [0.05, 0.1) is 0 Å². The van der Waals surface area contributed by atoms with Crippen molar-refractivity contribution in [3.63, 3.8) is 0 Å². The van der Waals surface area contributed by atoms with Crippen molar-refractivity contribution in [3.8, 4) is 5.75 Å². The Hall–Kier alpha value is -3.60. The lowest BCUT2D eigenvalue weighted by atomic mass is 10.0. The van der Waals surface area contributed by atoms with Crippen LogP contribution in [0.1, 0.15) is 53.6 Å². The zero-order valence-electron chi connectivity index (χ0n) is 23.0. The Labute approximate surface area is 221 Å². The van der Waals surface area contributed by atoms with Crippen LogP contribution < -0.4 is 10.1 Å². The SMILES string of the molecule is CC[C@@H](C)NC(=O)[C@@H](Cc1ccccc1)N(Cc1ccccc1C)C(=O)COc1cc(C)cc(C)c1C. The van der Waals surface area contributed by atoms with E-state index in [1.54, 1.807) is 4.90 Å². The van der Waals surface area contributed by atoms with Crippen LogP contribution in [0.15, 0.2) is 66.7 Å². The summed E-state index contributed by atoms with van der Waals surface area (Å²) in [5, 5.41) is 3.11. The van der Waals surface area contributed by atoms with Gasteiger partial charge in [0.25, 0.3) is 5.91 Å². The van der Waals surface area contributed by atoms with Gasteiger partial charge in [0.2, 0.25) is 5.91 Å². The molecule has 0 bridgehead atoms. The number of rotatable bonds is 11. The predicted molar refractivity (Wildman–Crippen MR) is 150 cm³/mol. The molecular weight excluding hydrogens is 460 g/mol. The van der Waals surface area contributed by atoms with Gasteiger partial charge in [-0.3, -0.25) is 9.59 Å². The molecule has 0 aromatic heterocycles. The standard InChI is InChI=1S/C32H40N2O3/c1-7-25(5)33-32(36)29(19-27-14-9-8-10-15-27)34(20-28-16-12-11-13-23(28)3)31(35)21-37-30-18-22(2)17-24(4)26(30)6/h8-18,25,29H,7,19-21H2,1-6H3,(H,33,36)/t25-,29-/m1/s1. The smallest absolute Gasteiger partial charge is 0.261 e. The summed E-state index contributed by atoms with van der Waals surface area (Å²) in [5.41, 5.74) is 6.30. The van der Waals surface area contributed by atoms with E-state index in [1.165, 1.54) is 0 Å². The lowest BCUT2D eigenvalue weighted by Gasteiger charge is -2.32. The van der Waals surface area contributed by atoms with Crippen LogP contribution in [0.25, 0.3) is 0 Å². The van der Waals surface area contributed by atoms with Gasteiger partial charge in [-0.25, -0.2) is 0 Å². The van der Waals surface area contributed by atoms with Crippen LogP contribution in [-0.2, 0) is 22.6 Å². The first-order valence-electron chi connectivity index (χ1n) is 13.1. The molecule has 0 fully saturated rings. The van der Waals surface area contributed by atoms with E-state index in [1.807, 2.05) is 102 Å². The van der Waals surface area contributed by atoms with Crippen LogP contribution >= 0.6 is 0 Å². The third-order valence-electron chi connectivity index (χ3n) is 6.99. The van der Waals surface area contributed by atoms with Gasteiger partial charge in [0.15, 0.2) is 6.61 Å².